The van der Waals surface area contributed by atoms with Crippen molar-refractivity contribution in [2.75, 3.05) is 39.5 Å². The van der Waals surface area contributed by atoms with Crippen LogP contribution in [0.2, 0.25) is 0 Å². The monoisotopic (exact) mass is 276 g/mol. The third kappa shape index (κ3) is 2.79. The van der Waals surface area contributed by atoms with Crippen LogP contribution in [0.15, 0.2) is 0 Å². The highest BCUT2D eigenvalue weighted by Gasteiger charge is 2.36. The maximum atomic E-state index is 12.2. The van der Waals surface area contributed by atoms with Crippen LogP contribution in [0, 0.1) is 5.92 Å². The fourth-order valence-electron chi connectivity index (χ4n) is 3.08. The molecule has 0 saturated carbocycles. The lowest BCUT2D eigenvalue weighted by molar-refractivity contribution is -0.159. The molecule has 3 rings (SSSR count). The summed E-state index contributed by atoms with van der Waals surface area (Å²) in [6.45, 7) is 4.40. The van der Waals surface area contributed by atoms with E-state index >= 15 is 0 Å². The van der Waals surface area contributed by atoms with Crippen LogP contribution in [0.25, 0.3) is 0 Å². The average Bonchev–Trinajstić information content (AvgIpc) is 2.86. The Hall–Kier alpha value is -0.360. The van der Waals surface area contributed by atoms with E-state index in [2.05, 4.69) is 5.32 Å². The third-order valence-corrected chi connectivity index (χ3v) is 4.06. The molecule has 1 amide bonds. The van der Waals surface area contributed by atoms with Gasteiger partial charge in [-0.05, 0) is 25.3 Å². The van der Waals surface area contributed by atoms with Gasteiger partial charge in [0.05, 0.1) is 19.8 Å². The van der Waals surface area contributed by atoms with Gasteiger partial charge in [0.15, 0.2) is 6.10 Å². The molecule has 3 unspecified atom stereocenters. The molecule has 0 aromatic heterocycles. The molecule has 104 valence electrons. The first-order valence-corrected chi connectivity index (χ1v) is 6.56. The molecule has 0 spiro atoms. The number of piperidine rings is 1. The Kier molecular flexibility index (Phi) is 4.84. The molecule has 0 bridgehead atoms. The summed E-state index contributed by atoms with van der Waals surface area (Å²) in [4.78, 5) is 14.2. The largest absolute Gasteiger partial charge is 0.376 e. The molecule has 0 aromatic rings. The molecular weight excluding hydrogens is 256 g/mol. The quantitative estimate of drug-likeness (QED) is 0.734. The summed E-state index contributed by atoms with van der Waals surface area (Å²) in [7, 11) is 0. The number of rotatable bonds is 1. The van der Waals surface area contributed by atoms with E-state index in [4.69, 9.17) is 9.47 Å². The summed E-state index contributed by atoms with van der Waals surface area (Å²) >= 11 is 0. The van der Waals surface area contributed by atoms with Gasteiger partial charge in [-0.15, -0.1) is 12.4 Å². The predicted octanol–water partition coefficient (Wildman–Crippen LogP) is 0.0340. The van der Waals surface area contributed by atoms with E-state index in [0.29, 0.717) is 31.8 Å². The highest BCUT2D eigenvalue weighted by Crippen LogP contribution is 2.25. The second-order valence-electron chi connectivity index (χ2n) is 5.12. The molecule has 18 heavy (non-hydrogen) atoms. The summed E-state index contributed by atoms with van der Waals surface area (Å²) in [5.74, 6) is 0.757. The van der Waals surface area contributed by atoms with Crippen molar-refractivity contribution >= 4 is 18.3 Å². The standard InChI is InChI=1S/C12H20N2O3.ClH/c15-12(11-8-16-5-6-17-11)14-4-2-10-9(7-14)1-3-13-10;/h9-11,13H,1-8H2;1H. The van der Waals surface area contributed by atoms with Gasteiger partial charge in [-0.2, -0.15) is 0 Å². The van der Waals surface area contributed by atoms with E-state index in [1.165, 1.54) is 6.42 Å². The summed E-state index contributed by atoms with van der Waals surface area (Å²) in [6.07, 6.45) is 1.90. The van der Waals surface area contributed by atoms with Crippen molar-refractivity contribution in [3.8, 4) is 0 Å². The van der Waals surface area contributed by atoms with Crippen LogP contribution < -0.4 is 5.32 Å². The van der Waals surface area contributed by atoms with E-state index < -0.39 is 0 Å². The van der Waals surface area contributed by atoms with Gasteiger partial charge >= 0.3 is 0 Å². The van der Waals surface area contributed by atoms with Crippen LogP contribution in [-0.4, -0.2) is 62.4 Å². The molecule has 3 saturated heterocycles. The first-order valence-electron chi connectivity index (χ1n) is 6.56. The molecule has 0 aliphatic carbocycles. The summed E-state index contributed by atoms with van der Waals surface area (Å²) in [5, 5.41) is 3.50. The van der Waals surface area contributed by atoms with Gasteiger partial charge in [-0.25, -0.2) is 0 Å². The SMILES string of the molecule is Cl.O=C(C1COCCO1)N1CCC2NCCC2C1. The Bertz CT molecular complexity index is 297. The van der Waals surface area contributed by atoms with Crippen molar-refractivity contribution in [3.63, 3.8) is 0 Å². The van der Waals surface area contributed by atoms with Crippen LogP contribution in [-0.2, 0) is 14.3 Å². The molecule has 3 heterocycles. The normalized spacial score (nSPS) is 35.8. The zero-order valence-corrected chi connectivity index (χ0v) is 11.3. The Morgan fingerprint density at radius 2 is 2.17 bits per heavy atom. The fraction of sp³-hybridized carbons (Fsp3) is 0.917. The molecule has 1 N–H and O–H groups in total. The van der Waals surface area contributed by atoms with E-state index in [0.717, 1.165) is 26.1 Å². The van der Waals surface area contributed by atoms with Gasteiger partial charge in [0.25, 0.3) is 5.91 Å². The van der Waals surface area contributed by atoms with E-state index in [-0.39, 0.29) is 24.4 Å². The number of nitrogens with one attached hydrogen (secondary N) is 1. The number of ether oxygens (including phenoxy) is 2. The minimum absolute atomic E-state index is 0. The van der Waals surface area contributed by atoms with Crippen LogP contribution in [0.5, 0.6) is 0 Å². The van der Waals surface area contributed by atoms with Gasteiger partial charge in [-0.1, -0.05) is 0 Å². The molecule has 3 fully saturated rings. The molecular formula is C12H21ClN2O3. The number of amides is 1. The lowest BCUT2D eigenvalue weighted by Gasteiger charge is -2.37. The second kappa shape index (κ2) is 6.19. The minimum atomic E-state index is -0.366. The van der Waals surface area contributed by atoms with Gasteiger partial charge in [-0.3, -0.25) is 4.79 Å². The zero-order valence-electron chi connectivity index (χ0n) is 10.5. The number of carbonyl (C=O) groups is 1. The number of nitrogens with zero attached hydrogens (tertiary/aromatic N) is 1. The number of hydrogen-bond acceptors (Lipinski definition) is 4. The van der Waals surface area contributed by atoms with Crippen molar-refractivity contribution < 1.29 is 14.3 Å². The van der Waals surface area contributed by atoms with Crippen molar-refractivity contribution in [2.24, 2.45) is 5.92 Å². The summed E-state index contributed by atoms with van der Waals surface area (Å²) in [6, 6.07) is 0.627. The number of fused-ring (bicyclic) bond motifs is 1. The van der Waals surface area contributed by atoms with E-state index in [1.54, 1.807) is 0 Å². The lowest BCUT2D eigenvalue weighted by atomic mass is 9.93. The topological polar surface area (TPSA) is 50.8 Å². The Morgan fingerprint density at radius 3 is 2.94 bits per heavy atom. The van der Waals surface area contributed by atoms with Crippen molar-refractivity contribution in [1.29, 1.82) is 0 Å². The van der Waals surface area contributed by atoms with Crippen molar-refractivity contribution in [1.82, 2.24) is 10.2 Å². The minimum Gasteiger partial charge on any atom is -0.376 e. The summed E-state index contributed by atoms with van der Waals surface area (Å²) in [5.41, 5.74) is 0. The van der Waals surface area contributed by atoms with Crippen molar-refractivity contribution in [3.05, 3.63) is 0 Å². The maximum absolute atomic E-state index is 12.2. The third-order valence-electron chi connectivity index (χ3n) is 4.06. The lowest BCUT2D eigenvalue weighted by Crippen LogP contribution is -2.52. The Morgan fingerprint density at radius 1 is 1.28 bits per heavy atom. The van der Waals surface area contributed by atoms with Gasteiger partial charge in [0.1, 0.15) is 0 Å². The molecule has 0 aromatic carbocycles. The van der Waals surface area contributed by atoms with Crippen LogP contribution >= 0.6 is 12.4 Å². The number of halogens is 1. The number of carbonyl (C=O) groups excluding carboxylic acids is 1. The molecule has 6 heteroatoms. The van der Waals surface area contributed by atoms with Crippen LogP contribution in [0.4, 0.5) is 0 Å². The average molecular weight is 277 g/mol. The van der Waals surface area contributed by atoms with Gasteiger partial charge in [0.2, 0.25) is 0 Å². The van der Waals surface area contributed by atoms with Crippen molar-refractivity contribution in [2.45, 2.75) is 25.0 Å². The highest BCUT2D eigenvalue weighted by atomic mass is 35.5. The second-order valence-corrected chi connectivity index (χ2v) is 5.12. The molecule has 3 atom stereocenters. The molecule has 3 aliphatic rings. The van der Waals surface area contributed by atoms with Crippen LogP contribution in [0.1, 0.15) is 12.8 Å². The smallest absolute Gasteiger partial charge is 0.254 e. The first kappa shape index (κ1) is 14.1. The van der Waals surface area contributed by atoms with Crippen LogP contribution in [0.3, 0.4) is 0 Å². The zero-order chi connectivity index (χ0) is 11.7. The molecule has 5 nitrogen and oxygen atoms in total. The molecule has 3 aliphatic heterocycles. The highest BCUT2D eigenvalue weighted by molar-refractivity contribution is 5.85. The number of likely N-dealkylation sites (tertiary alicyclic amines) is 1. The van der Waals surface area contributed by atoms with Gasteiger partial charge < -0.3 is 19.7 Å². The Balaban J connectivity index is 0.00000120. The molecule has 0 radical (unpaired) electrons. The van der Waals surface area contributed by atoms with E-state index in [1.807, 2.05) is 4.90 Å². The fourth-order valence-corrected chi connectivity index (χ4v) is 3.08. The first-order chi connectivity index (χ1) is 8.34. The number of hydrogen-bond donors (Lipinski definition) is 1. The van der Waals surface area contributed by atoms with Gasteiger partial charge in [0, 0.05) is 19.1 Å². The van der Waals surface area contributed by atoms with E-state index in [9.17, 15) is 4.79 Å². The predicted molar refractivity (Wildman–Crippen MR) is 68.9 cm³/mol. The summed E-state index contributed by atoms with van der Waals surface area (Å²) < 4.78 is 10.8. The maximum Gasteiger partial charge on any atom is 0.254 e. The Labute approximate surface area is 114 Å².